The second kappa shape index (κ2) is 4.95. The molecule has 0 saturated carbocycles. The zero-order valence-corrected chi connectivity index (χ0v) is 9.76. The van der Waals surface area contributed by atoms with Gasteiger partial charge in [-0.2, -0.15) is 5.10 Å². The number of aliphatic carboxylic acids is 1. The molecule has 2 rings (SSSR count). The molecule has 0 atom stereocenters. The molecule has 2 aromatic heterocycles. The SMILES string of the molecule is CCCc1ccc2ncc(CCC(=O)O)n2n1. The van der Waals surface area contributed by atoms with E-state index in [-0.39, 0.29) is 6.42 Å². The van der Waals surface area contributed by atoms with Crippen LogP contribution in [0.15, 0.2) is 18.3 Å². The summed E-state index contributed by atoms with van der Waals surface area (Å²) < 4.78 is 1.74. The Balaban J connectivity index is 2.29. The van der Waals surface area contributed by atoms with Gasteiger partial charge in [-0.1, -0.05) is 13.3 Å². The van der Waals surface area contributed by atoms with Gasteiger partial charge in [-0.05, 0) is 18.6 Å². The predicted molar refractivity (Wildman–Crippen MR) is 62.9 cm³/mol. The fourth-order valence-electron chi connectivity index (χ4n) is 1.75. The molecule has 17 heavy (non-hydrogen) atoms. The summed E-state index contributed by atoms with van der Waals surface area (Å²) in [5.41, 5.74) is 2.63. The average Bonchev–Trinajstić information content (AvgIpc) is 2.69. The fourth-order valence-corrected chi connectivity index (χ4v) is 1.75. The van der Waals surface area contributed by atoms with E-state index in [4.69, 9.17) is 5.11 Å². The van der Waals surface area contributed by atoms with Gasteiger partial charge in [0.1, 0.15) is 0 Å². The molecule has 5 nitrogen and oxygen atoms in total. The monoisotopic (exact) mass is 233 g/mol. The maximum absolute atomic E-state index is 10.5. The summed E-state index contributed by atoms with van der Waals surface area (Å²) in [5, 5.41) is 13.1. The third-order valence-electron chi connectivity index (χ3n) is 2.59. The molecule has 2 aromatic rings. The Hall–Kier alpha value is -1.91. The molecule has 0 aliphatic heterocycles. The summed E-state index contributed by atoms with van der Waals surface area (Å²) in [6.45, 7) is 2.10. The Kier molecular flexibility index (Phi) is 3.37. The smallest absolute Gasteiger partial charge is 0.303 e. The summed E-state index contributed by atoms with van der Waals surface area (Å²) in [6.07, 6.45) is 4.22. The number of hydrogen-bond donors (Lipinski definition) is 1. The minimum Gasteiger partial charge on any atom is -0.481 e. The van der Waals surface area contributed by atoms with Crippen LogP contribution >= 0.6 is 0 Å². The molecule has 0 aliphatic rings. The first-order valence-corrected chi connectivity index (χ1v) is 5.75. The van der Waals surface area contributed by atoms with Gasteiger partial charge < -0.3 is 5.11 Å². The Labute approximate surface area is 99.1 Å². The minimum atomic E-state index is -0.801. The predicted octanol–water partition coefficient (Wildman–Crippen LogP) is 1.70. The molecular weight excluding hydrogens is 218 g/mol. The van der Waals surface area contributed by atoms with Crippen LogP contribution in [-0.4, -0.2) is 25.7 Å². The van der Waals surface area contributed by atoms with Gasteiger partial charge in [-0.15, -0.1) is 0 Å². The second-order valence-corrected chi connectivity index (χ2v) is 3.99. The Morgan fingerprint density at radius 2 is 2.24 bits per heavy atom. The van der Waals surface area contributed by atoms with Crippen molar-refractivity contribution >= 4 is 11.6 Å². The van der Waals surface area contributed by atoms with Crippen LogP contribution in [-0.2, 0) is 17.6 Å². The van der Waals surface area contributed by atoms with Crippen molar-refractivity contribution in [1.82, 2.24) is 14.6 Å². The summed E-state index contributed by atoms with van der Waals surface area (Å²) in [6, 6.07) is 3.88. The zero-order valence-electron chi connectivity index (χ0n) is 9.76. The van der Waals surface area contributed by atoms with Crippen molar-refractivity contribution in [1.29, 1.82) is 0 Å². The van der Waals surface area contributed by atoms with Crippen molar-refractivity contribution in [2.45, 2.75) is 32.6 Å². The van der Waals surface area contributed by atoms with E-state index < -0.39 is 5.97 Å². The molecule has 0 fully saturated rings. The van der Waals surface area contributed by atoms with Crippen molar-refractivity contribution in [2.24, 2.45) is 0 Å². The van der Waals surface area contributed by atoms with E-state index in [1.165, 1.54) is 0 Å². The number of carboxylic acid groups (broad SMARTS) is 1. The summed E-state index contributed by atoms with van der Waals surface area (Å²) in [7, 11) is 0. The standard InChI is InChI=1S/C12H15N3O2/c1-2-3-9-4-6-11-13-8-10(15(11)14-9)5-7-12(16)17/h4,6,8H,2-3,5,7H2,1H3,(H,16,17). The lowest BCUT2D eigenvalue weighted by Crippen LogP contribution is -2.04. The van der Waals surface area contributed by atoms with Gasteiger partial charge in [0.25, 0.3) is 0 Å². The van der Waals surface area contributed by atoms with Crippen molar-refractivity contribution < 1.29 is 9.90 Å². The van der Waals surface area contributed by atoms with E-state index in [0.29, 0.717) is 6.42 Å². The first kappa shape index (κ1) is 11.6. The number of rotatable bonds is 5. The normalized spacial score (nSPS) is 10.9. The maximum Gasteiger partial charge on any atom is 0.303 e. The summed E-state index contributed by atoms with van der Waals surface area (Å²) >= 11 is 0. The highest BCUT2D eigenvalue weighted by molar-refractivity contribution is 5.67. The van der Waals surface area contributed by atoms with Crippen molar-refractivity contribution in [3.8, 4) is 0 Å². The van der Waals surface area contributed by atoms with Crippen LogP contribution < -0.4 is 0 Å². The van der Waals surface area contributed by atoms with E-state index in [2.05, 4.69) is 17.0 Å². The first-order valence-electron chi connectivity index (χ1n) is 5.75. The van der Waals surface area contributed by atoms with Crippen molar-refractivity contribution in [3.63, 3.8) is 0 Å². The number of fused-ring (bicyclic) bond motifs is 1. The van der Waals surface area contributed by atoms with Crippen molar-refractivity contribution in [2.75, 3.05) is 0 Å². The highest BCUT2D eigenvalue weighted by Gasteiger charge is 2.07. The van der Waals surface area contributed by atoms with Gasteiger partial charge in [-0.3, -0.25) is 4.79 Å². The number of nitrogens with zero attached hydrogens (tertiary/aromatic N) is 3. The highest BCUT2D eigenvalue weighted by atomic mass is 16.4. The Bertz CT molecular complexity index is 534. The zero-order chi connectivity index (χ0) is 12.3. The molecule has 0 unspecified atom stereocenters. The van der Waals surface area contributed by atoms with Crippen LogP contribution in [0.5, 0.6) is 0 Å². The van der Waals surface area contributed by atoms with Crippen LogP contribution in [0.2, 0.25) is 0 Å². The number of aromatic nitrogens is 3. The van der Waals surface area contributed by atoms with E-state index >= 15 is 0 Å². The van der Waals surface area contributed by atoms with Crippen LogP contribution in [0.25, 0.3) is 5.65 Å². The lowest BCUT2D eigenvalue weighted by molar-refractivity contribution is -0.136. The molecule has 0 bridgehead atoms. The number of carboxylic acids is 1. The molecule has 0 radical (unpaired) electrons. The number of carbonyl (C=O) groups is 1. The molecule has 5 heteroatoms. The highest BCUT2D eigenvalue weighted by Crippen LogP contribution is 2.09. The third-order valence-corrected chi connectivity index (χ3v) is 2.59. The lowest BCUT2D eigenvalue weighted by Gasteiger charge is -2.02. The minimum absolute atomic E-state index is 0.105. The third kappa shape index (κ3) is 2.61. The van der Waals surface area contributed by atoms with Crippen molar-refractivity contribution in [3.05, 3.63) is 29.7 Å². The molecule has 0 spiro atoms. The molecule has 2 heterocycles. The van der Waals surface area contributed by atoms with Gasteiger partial charge in [0.05, 0.1) is 24.0 Å². The van der Waals surface area contributed by atoms with Crippen LogP contribution in [0, 0.1) is 0 Å². The van der Waals surface area contributed by atoms with E-state index in [1.54, 1.807) is 10.7 Å². The number of aryl methyl sites for hydroxylation is 2. The van der Waals surface area contributed by atoms with E-state index in [0.717, 1.165) is 29.9 Å². The number of imidazole rings is 1. The van der Waals surface area contributed by atoms with Gasteiger partial charge in [0.15, 0.2) is 5.65 Å². The molecule has 0 aliphatic carbocycles. The molecule has 0 saturated heterocycles. The maximum atomic E-state index is 10.5. The van der Waals surface area contributed by atoms with Gasteiger partial charge in [0.2, 0.25) is 0 Å². The Morgan fingerprint density at radius 3 is 2.94 bits per heavy atom. The van der Waals surface area contributed by atoms with Crippen LogP contribution in [0.4, 0.5) is 0 Å². The van der Waals surface area contributed by atoms with E-state index in [1.807, 2.05) is 12.1 Å². The quantitative estimate of drug-likeness (QED) is 0.853. The molecule has 0 amide bonds. The van der Waals surface area contributed by atoms with Gasteiger partial charge in [-0.25, -0.2) is 9.50 Å². The second-order valence-electron chi connectivity index (χ2n) is 3.99. The lowest BCUT2D eigenvalue weighted by atomic mass is 10.2. The largest absolute Gasteiger partial charge is 0.481 e. The summed E-state index contributed by atoms with van der Waals surface area (Å²) in [4.78, 5) is 14.8. The molecule has 1 N–H and O–H groups in total. The number of hydrogen-bond acceptors (Lipinski definition) is 3. The van der Waals surface area contributed by atoms with Gasteiger partial charge >= 0.3 is 5.97 Å². The van der Waals surface area contributed by atoms with Crippen LogP contribution in [0.3, 0.4) is 0 Å². The van der Waals surface area contributed by atoms with Crippen LogP contribution in [0.1, 0.15) is 31.2 Å². The first-order chi connectivity index (χ1) is 8.20. The molecular formula is C12H15N3O2. The Morgan fingerprint density at radius 1 is 1.41 bits per heavy atom. The molecule has 0 aromatic carbocycles. The van der Waals surface area contributed by atoms with Gasteiger partial charge in [0, 0.05) is 6.42 Å². The summed E-state index contributed by atoms with van der Waals surface area (Å²) in [5.74, 6) is -0.801. The topological polar surface area (TPSA) is 67.5 Å². The average molecular weight is 233 g/mol. The molecule has 90 valence electrons. The fraction of sp³-hybridized carbons (Fsp3) is 0.417. The van der Waals surface area contributed by atoms with E-state index in [9.17, 15) is 4.79 Å².